The zero-order valence-corrected chi connectivity index (χ0v) is 10.4. The van der Waals surface area contributed by atoms with Crippen molar-refractivity contribution in [2.45, 2.75) is 0 Å². The van der Waals surface area contributed by atoms with E-state index in [9.17, 15) is 9.90 Å². The molecule has 0 fully saturated rings. The molecule has 1 aromatic rings. The van der Waals surface area contributed by atoms with Gasteiger partial charge in [-0.3, -0.25) is 0 Å². The van der Waals surface area contributed by atoms with Gasteiger partial charge in [-0.1, -0.05) is 0 Å². The first-order valence-electron chi connectivity index (χ1n) is 5.06. The average molecular weight is 239 g/mol. The first-order chi connectivity index (χ1) is 7.99. The van der Waals surface area contributed by atoms with Crippen molar-refractivity contribution in [1.29, 1.82) is 0 Å². The van der Waals surface area contributed by atoms with Crippen LogP contribution >= 0.6 is 0 Å². The van der Waals surface area contributed by atoms with Gasteiger partial charge in [0.1, 0.15) is 11.5 Å². The third-order valence-electron chi connectivity index (χ3n) is 2.23. The average Bonchev–Trinajstić information content (AvgIpc) is 2.30. The van der Waals surface area contributed by atoms with E-state index in [2.05, 4.69) is 10.6 Å². The fourth-order valence-corrected chi connectivity index (χ4v) is 1.26. The highest BCUT2D eigenvalue weighted by atomic mass is 16.5. The smallest absolute Gasteiger partial charge is 0.321 e. The van der Waals surface area contributed by atoms with Gasteiger partial charge in [-0.05, 0) is 0 Å². The van der Waals surface area contributed by atoms with E-state index in [4.69, 9.17) is 4.74 Å². The maximum absolute atomic E-state index is 11.5. The molecule has 0 aromatic heterocycles. The third kappa shape index (κ3) is 2.93. The summed E-state index contributed by atoms with van der Waals surface area (Å²) in [5.74, 6) is 0.518. The molecule has 0 unspecified atom stereocenters. The number of methoxy groups -OCH3 is 1. The Kier molecular flexibility index (Phi) is 4.03. The molecule has 0 saturated heterocycles. The molecule has 17 heavy (non-hydrogen) atoms. The van der Waals surface area contributed by atoms with Gasteiger partial charge in [-0.25, -0.2) is 4.79 Å². The van der Waals surface area contributed by atoms with Gasteiger partial charge in [0.05, 0.1) is 18.5 Å². The number of hydrogen-bond acceptors (Lipinski definition) is 4. The predicted octanol–water partition coefficient (Wildman–Crippen LogP) is 1.54. The lowest BCUT2D eigenvalue weighted by molar-refractivity contribution is 0.230. The van der Waals surface area contributed by atoms with Crippen LogP contribution in [0, 0.1) is 0 Å². The molecule has 3 N–H and O–H groups in total. The van der Waals surface area contributed by atoms with Gasteiger partial charge < -0.3 is 25.4 Å². The van der Waals surface area contributed by atoms with Crippen molar-refractivity contribution in [3.63, 3.8) is 0 Å². The lowest BCUT2D eigenvalue weighted by atomic mass is 10.2. The minimum absolute atomic E-state index is 0.0228. The number of nitrogens with one attached hydrogen (secondary N) is 2. The number of ether oxygens (including phenoxy) is 1. The van der Waals surface area contributed by atoms with E-state index in [0.717, 1.165) is 0 Å². The number of carbonyl (C=O) groups excluding carboxylic acids is 1. The van der Waals surface area contributed by atoms with Crippen molar-refractivity contribution >= 4 is 17.4 Å². The van der Waals surface area contributed by atoms with Crippen LogP contribution in [0.15, 0.2) is 12.1 Å². The van der Waals surface area contributed by atoms with Crippen LogP contribution in [-0.4, -0.2) is 44.3 Å². The Morgan fingerprint density at radius 1 is 1.35 bits per heavy atom. The quantitative estimate of drug-likeness (QED) is 0.699. The molecule has 2 amide bonds. The van der Waals surface area contributed by atoms with Crippen molar-refractivity contribution in [2.24, 2.45) is 0 Å². The lowest BCUT2D eigenvalue weighted by Gasteiger charge is -2.15. The number of phenols is 1. The highest BCUT2D eigenvalue weighted by molar-refractivity contribution is 5.91. The fourth-order valence-electron chi connectivity index (χ4n) is 1.26. The molecule has 6 nitrogen and oxygen atoms in total. The van der Waals surface area contributed by atoms with Crippen LogP contribution in [0.4, 0.5) is 16.2 Å². The minimum atomic E-state index is -0.320. The van der Waals surface area contributed by atoms with Gasteiger partial charge in [0.2, 0.25) is 0 Å². The number of aromatic hydroxyl groups is 1. The maximum atomic E-state index is 11.5. The molecule has 94 valence electrons. The van der Waals surface area contributed by atoms with Gasteiger partial charge in [-0.15, -0.1) is 0 Å². The van der Waals surface area contributed by atoms with Crippen LogP contribution < -0.4 is 15.4 Å². The Balaban J connectivity index is 3.04. The van der Waals surface area contributed by atoms with Crippen molar-refractivity contribution in [3.8, 4) is 11.5 Å². The van der Waals surface area contributed by atoms with E-state index in [1.54, 1.807) is 27.2 Å². The molecule has 6 heteroatoms. The Morgan fingerprint density at radius 3 is 2.47 bits per heavy atom. The van der Waals surface area contributed by atoms with Crippen molar-refractivity contribution in [2.75, 3.05) is 38.9 Å². The van der Waals surface area contributed by atoms with Crippen molar-refractivity contribution in [3.05, 3.63) is 12.1 Å². The molecule has 0 aliphatic heterocycles. The van der Waals surface area contributed by atoms with Crippen LogP contribution in [0.1, 0.15) is 0 Å². The summed E-state index contributed by atoms with van der Waals surface area (Å²) in [5.41, 5.74) is 0.951. The first-order valence-corrected chi connectivity index (χ1v) is 5.06. The van der Waals surface area contributed by atoms with E-state index in [1.165, 1.54) is 18.1 Å². The van der Waals surface area contributed by atoms with E-state index in [1.807, 2.05) is 0 Å². The van der Waals surface area contributed by atoms with Crippen LogP contribution in [-0.2, 0) is 0 Å². The molecule has 1 aromatic carbocycles. The van der Waals surface area contributed by atoms with Gasteiger partial charge in [-0.2, -0.15) is 0 Å². The Hall–Kier alpha value is -2.11. The molecule has 0 bridgehead atoms. The molecule has 0 spiro atoms. The number of anilines is 2. The number of phenolic OH excluding ortho intramolecular Hbond substituents is 1. The Labute approximate surface area is 100 Å². The minimum Gasteiger partial charge on any atom is -0.506 e. The zero-order valence-electron chi connectivity index (χ0n) is 10.4. The summed E-state index contributed by atoms with van der Waals surface area (Å²) in [7, 11) is 6.47. The van der Waals surface area contributed by atoms with Gasteiger partial charge in [0.15, 0.2) is 0 Å². The summed E-state index contributed by atoms with van der Waals surface area (Å²) in [6, 6.07) is 2.73. The molecule has 1 rings (SSSR count). The lowest BCUT2D eigenvalue weighted by Crippen LogP contribution is -2.27. The summed E-state index contributed by atoms with van der Waals surface area (Å²) in [6.45, 7) is 0. The largest absolute Gasteiger partial charge is 0.506 e. The summed E-state index contributed by atoms with van der Waals surface area (Å²) < 4.78 is 5.14. The Bertz CT molecular complexity index is 419. The highest BCUT2D eigenvalue weighted by Crippen LogP contribution is 2.35. The molecule has 0 saturated carbocycles. The molecule has 0 heterocycles. The van der Waals surface area contributed by atoms with Gasteiger partial charge in [0.25, 0.3) is 0 Å². The molecular weight excluding hydrogens is 222 g/mol. The molecule has 0 aliphatic rings. The fraction of sp³-hybridized carbons (Fsp3) is 0.364. The molecule has 0 atom stereocenters. The maximum Gasteiger partial charge on any atom is 0.321 e. The van der Waals surface area contributed by atoms with E-state index in [0.29, 0.717) is 17.1 Å². The second-order valence-electron chi connectivity index (χ2n) is 3.64. The Morgan fingerprint density at radius 2 is 2.00 bits per heavy atom. The normalized spacial score (nSPS) is 9.65. The molecule has 0 radical (unpaired) electrons. The highest BCUT2D eigenvalue weighted by Gasteiger charge is 2.12. The summed E-state index contributed by atoms with van der Waals surface area (Å²) in [5, 5.41) is 15.2. The van der Waals surface area contributed by atoms with Crippen LogP contribution in [0.2, 0.25) is 0 Å². The summed E-state index contributed by atoms with van der Waals surface area (Å²) in [6.07, 6.45) is 0. The van der Waals surface area contributed by atoms with Crippen molar-refractivity contribution in [1.82, 2.24) is 4.90 Å². The number of amides is 2. The number of rotatable bonds is 3. The van der Waals surface area contributed by atoms with E-state index < -0.39 is 0 Å². The number of hydrogen-bond donors (Lipinski definition) is 3. The predicted molar refractivity (Wildman–Crippen MR) is 66.9 cm³/mol. The number of urea groups is 1. The van der Waals surface area contributed by atoms with Crippen molar-refractivity contribution < 1.29 is 14.6 Å². The zero-order chi connectivity index (χ0) is 13.0. The number of carbonyl (C=O) groups is 1. The standard InChI is InChI=1S/C11H17N3O3/c1-12-8-5-9(15)7(6-10(8)17-4)13-11(16)14(2)3/h5-6,12,15H,1-4H3,(H,13,16). The number of benzene rings is 1. The SMILES string of the molecule is CNc1cc(O)c(NC(=O)N(C)C)cc1OC. The van der Waals surface area contributed by atoms with Crippen LogP contribution in [0.3, 0.4) is 0 Å². The monoisotopic (exact) mass is 239 g/mol. The summed E-state index contributed by atoms with van der Waals surface area (Å²) in [4.78, 5) is 12.8. The second-order valence-corrected chi connectivity index (χ2v) is 3.64. The van der Waals surface area contributed by atoms with E-state index in [-0.39, 0.29) is 11.8 Å². The van der Waals surface area contributed by atoms with Gasteiger partial charge in [0, 0.05) is 33.3 Å². The first kappa shape index (κ1) is 13.0. The molecule has 0 aliphatic carbocycles. The van der Waals surface area contributed by atoms with Crippen LogP contribution in [0.25, 0.3) is 0 Å². The van der Waals surface area contributed by atoms with Gasteiger partial charge >= 0.3 is 6.03 Å². The number of nitrogens with zero attached hydrogens (tertiary/aromatic N) is 1. The van der Waals surface area contributed by atoms with Crippen LogP contribution in [0.5, 0.6) is 11.5 Å². The second kappa shape index (κ2) is 5.29. The third-order valence-corrected chi connectivity index (χ3v) is 2.23. The topological polar surface area (TPSA) is 73.8 Å². The van der Waals surface area contributed by atoms with E-state index >= 15 is 0 Å². The summed E-state index contributed by atoms with van der Waals surface area (Å²) >= 11 is 0. The molecular formula is C11H17N3O3.